The Balaban J connectivity index is 1.35. The van der Waals surface area contributed by atoms with E-state index in [1.165, 1.54) is 18.7 Å². The number of carbonyl (C=O) groups is 2. The molecule has 3 heterocycles. The van der Waals surface area contributed by atoms with E-state index >= 15 is 0 Å². The number of piperazine rings is 1. The number of pyridine rings is 1. The van der Waals surface area contributed by atoms with Crippen LogP contribution in [0.15, 0.2) is 47.6 Å². The van der Waals surface area contributed by atoms with Crippen LogP contribution in [0.2, 0.25) is 0 Å². The van der Waals surface area contributed by atoms with Crippen molar-refractivity contribution >= 4 is 35.1 Å². The molecule has 0 bridgehead atoms. The first-order valence-corrected chi connectivity index (χ1v) is 16.7. The van der Waals surface area contributed by atoms with Gasteiger partial charge in [-0.2, -0.15) is 5.26 Å². The molecule has 1 saturated heterocycles. The highest BCUT2D eigenvalue weighted by Gasteiger charge is 2.42. The average molecular weight is 644 g/mol. The monoisotopic (exact) mass is 643 g/mol. The van der Waals surface area contributed by atoms with Gasteiger partial charge >= 0.3 is 0 Å². The molecule has 244 valence electrons. The number of nitrogens with one attached hydrogen (secondary N) is 1. The molecule has 3 aromatic rings. The number of anilines is 2. The summed E-state index contributed by atoms with van der Waals surface area (Å²) in [5.41, 5.74) is 16.0. The maximum absolute atomic E-state index is 13.1. The molecule has 0 aliphatic carbocycles. The molecular formula is C34H45N9O2S. The van der Waals surface area contributed by atoms with Crippen LogP contribution in [-0.2, 0) is 21.8 Å². The minimum absolute atomic E-state index is 0.0616. The van der Waals surface area contributed by atoms with Crippen molar-refractivity contribution in [3.8, 4) is 17.3 Å². The Morgan fingerprint density at radius 3 is 2.24 bits per heavy atom. The van der Waals surface area contributed by atoms with Gasteiger partial charge in [0.25, 0.3) is 0 Å². The molecular weight excluding hydrogens is 599 g/mol. The van der Waals surface area contributed by atoms with Crippen molar-refractivity contribution in [3.05, 3.63) is 59.4 Å². The molecule has 0 radical (unpaired) electrons. The summed E-state index contributed by atoms with van der Waals surface area (Å²) in [6.07, 6.45) is 0.959. The number of hydrogen-bond donors (Lipinski definition) is 3. The first kappa shape index (κ1) is 34.8. The lowest BCUT2D eigenvalue weighted by molar-refractivity contribution is -0.134. The third-order valence-corrected chi connectivity index (χ3v) is 9.74. The molecule has 11 nitrogen and oxygen atoms in total. The second-order valence-corrected chi connectivity index (χ2v) is 13.2. The summed E-state index contributed by atoms with van der Waals surface area (Å²) < 4.78 is 0. The van der Waals surface area contributed by atoms with Gasteiger partial charge in [0.1, 0.15) is 17.5 Å². The van der Waals surface area contributed by atoms with E-state index in [1.54, 1.807) is 24.3 Å². The first-order valence-electron chi connectivity index (χ1n) is 15.7. The summed E-state index contributed by atoms with van der Waals surface area (Å²) in [7, 11) is 0. The first-order chi connectivity index (χ1) is 22.0. The number of amides is 2. The van der Waals surface area contributed by atoms with Gasteiger partial charge in [0.05, 0.1) is 11.4 Å². The van der Waals surface area contributed by atoms with Crippen LogP contribution in [0.3, 0.4) is 0 Å². The highest BCUT2D eigenvalue weighted by Crippen LogP contribution is 2.33. The summed E-state index contributed by atoms with van der Waals surface area (Å²) in [6, 6.07) is 15.0. The average Bonchev–Trinajstić information content (AvgIpc) is 3.03. The predicted octanol–water partition coefficient (Wildman–Crippen LogP) is 4.33. The second-order valence-electron chi connectivity index (χ2n) is 12.3. The molecule has 5 N–H and O–H groups in total. The molecule has 2 amide bonds. The molecule has 0 unspecified atom stereocenters. The molecule has 12 heteroatoms. The Labute approximate surface area is 276 Å². The number of carbonyl (C=O) groups excluding carboxylic acids is 2. The van der Waals surface area contributed by atoms with Crippen LogP contribution in [0.25, 0.3) is 11.3 Å². The number of rotatable bonds is 12. The van der Waals surface area contributed by atoms with Gasteiger partial charge in [-0.1, -0.05) is 57.7 Å². The van der Waals surface area contributed by atoms with Crippen molar-refractivity contribution in [2.24, 2.45) is 17.6 Å². The van der Waals surface area contributed by atoms with Crippen LogP contribution in [0.4, 0.5) is 11.5 Å². The molecule has 1 fully saturated rings. The lowest BCUT2D eigenvalue weighted by Crippen LogP contribution is -2.65. The second kappa shape index (κ2) is 15.5. The van der Waals surface area contributed by atoms with Crippen LogP contribution < -0.4 is 16.8 Å². The van der Waals surface area contributed by atoms with E-state index in [4.69, 9.17) is 16.5 Å². The number of thioether (sulfide) groups is 1. The Bertz CT molecular complexity index is 1550. The molecule has 1 aliphatic heterocycles. The third kappa shape index (κ3) is 8.02. The fourth-order valence-corrected chi connectivity index (χ4v) is 7.16. The Hall–Kier alpha value is -4.05. The van der Waals surface area contributed by atoms with Crippen LogP contribution in [0, 0.1) is 23.2 Å². The quantitative estimate of drug-likeness (QED) is 0.191. The molecule has 1 aliphatic rings. The van der Waals surface area contributed by atoms with Gasteiger partial charge in [0.2, 0.25) is 11.8 Å². The van der Waals surface area contributed by atoms with Crippen LogP contribution in [-0.4, -0.2) is 74.8 Å². The van der Waals surface area contributed by atoms with Crippen LogP contribution in [0.1, 0.15) is 58.0 Å². The number of benzene rings is 1. The molecule has 0 atom stereocenters. The smallest absolute Gasteiger partial charge is 0.223 e. The Kier molecular flexibility index (Phi) is 11.7. The largest absolute Gasteiger partial charge is 0.382 e. The van der Waals surface area contributed by atoms with Gasteiger partial charge in [-0.25, -0.2) is 9.97 Å². The number of nitrogens with zero attached hydrogens (tertiary/aromatic N) is 6. The third-order valence-electron chi connectivity index (χ3n) is 8.86. The lowest BCUT2D eigenvalue weighted by atomic mass is 9.75. The van der Waals surface area contributed by atoms with Crippen molar-refractivity contribution in [2.45, 2.75) is 63.9 Å². The summed E-state index contributed by atoms with van der Waals surface area (Å²) in [6.45, 7) is 14.1. The standard InChI is InChI=1S/C34H45N9O2S/c1-22(2)34(21-36,23(3)4)43-17-15-42(16-18-43)30(45)14-13-26-7-6-8-28(39-26)20-46-33-40-31(29(19-35)32(37)41-33)25-9-11-27(12-10-25)38-24(5)44/h6-12,22-23H,13-18,20-21,36H2,1-5H3,(H,38,44)(H2,37,40,41). The van der Waals surface area contributed by atoms with E-state index in [0.717, 1.165) is 24.5 Å². The fourth-order valence-electron chi connectivity index (χ4n) is 6.41. The SMILES string of the molecule is CC(=O)Nc1ccc(-c2nc(SCc3cccc(CCC(=O)N4CCN(C(CN)(C(C)C)C(C)C)CC4)n3)nc(N)c2C#N)cc1. The number of aryl methyl sites for hydroxylation is 1. The van der Waals surface area contributed by atoms with E-state index in [1.807, 2.05) is 23.1 Å². The molecule has 1 aromatic carbocycles. The summed E-state index contributed by atoms with van der Waals surface area (Å²) in [5, 5.41) is 12.9. The zero-order valence-electron chi connectivity index (χ0n) is 27.4. The minimum atomic E-state index is -0.170. The highest BCUT2D eigenvalue weighted by atomic mass is 32.2. The molecule has 2 aromatic heterocycles. The van der Waals surface area contributed by atoms with Crippen molar-refractivity contribution in [1.29, 1.82) is 5.26 Å². The van der Waals surface area contributed by atoms with Crippen molar-refractivity contribution in [2.75, 3.05) is 43.8 Å². The normalized spacial score (nSPS) is 14.0. The number of nitriles is 1. The maximum Gasteiger partial charge on any atom is 0.223 e. The van der Waals surface area contributed by atoms with Crippen LogP contribution >= 0.6 is 11.8 Å². The van der Waals surface area contributed by atoms with Gasteiger partial charge in [-0.05, 0) is 42.5 Å². The summed E-state index contributed by atoms with van der Waals surface area (Å²) in [4.78, 5) is 42.7. The number of nitrogen functional groups attached to an aromatic ring is 1. The minimum Gasteiger partial charge on any atom is -0.382 e. The lowest BCUT2D eigenvalue weighted by Gasteiger charge is -2.52. The zero-order chi connectivity index (χ0) is 33.4. The number of nitrogens with two attached hydrogens (primary N) is 2. The number of hydrogen-bond acceptors (Lipinski definition) is 10. The number of aromatic nitrogens is 3. The van der Waals surface area contributed by atoms with Gasteiger partial charge in [-0.3, -0.25) is 19.5 Å². The molecule has 0 saturated carbocycles. The van der Waals surface area contributed by atoms with Crippen LogP contribution in [0.5, 0.6) is 0 Å². The summed E-state index contributed by atoms with van der Waals surface area (Å²) in [5.74, 6) is 1.42. The molecule has 46 heavy (non-hydrogen) atoms. The fraction of sp³-hybridized carbons (Fsp3) is 0.471. The Morgan fingerprint density at radius 1 is 1.00 bits per heavy atom. The van der Waals surface area contributed by atoms with Gasteiger partial charge in [0.15, 0.2) is 5.16 Å². The van der Waals surface area contributed by atoms with Crippen molar-refractivity contribution in [1.82, 2.24) is 24.8 Å². The predicted molar refractivity (Wildman–Crippen MR) is 183 cm³/mol. The summed E-state index contributed by atoms with van der Waals surface area (Å²) >= 11 is 1.37. The van der Waals surface area contributed by atoms with E-state index in [0.29, 0.717) is 72.2 Å². The van der Waals surface area contributed by atoms with E-state index < -0.39 is 0 Å². The maximum atomic E-state index is 13.1. The molecule has 0 spiro atoms. The van der Waals surface area contributed by atoms with E-state index in [-0.39, 0.29) is 28.7 Å². The van der Waals surface area contributed by atoms with Crippen molar-refractivity contribution in [3.63, 3.8) is 0 Å². The van der Waals surface area contributed by atoms with Gasteiger partial charge in [-0.15, -0.1) is 0 Å². The van der Waals surface area contributed by atoms with Gasteiger partial charge < -0.3 is 21.7 Å². The molecule has 4 rings (SSSR count). The topological polar surface area (TPSA) is 167 Å². The van der Waals surface area contributed by atoms with E-state index in [9.17, 15) is 14.9 Å². The Morgan fingerprint density at radius 2 is 1.65 bits per heavy atom. The zero-order valence-corrected chi connectivity index (χ0v) is 28.2. The van der Waals surface area contributed by atoms with Crippen molar-refractivity contribution < 1.29 is 9.59 Å². The van der Waals surface area contributed by atoms with Gasteiger partial charge in [0, 0.05) is 74.3 Å². The highest BCUT2D eigenvalue weighted by molar-refractivity contribution is 7.98. The van der Waals surface area contributed by atoms with E-state index in [2.05, 4.69) is 53.9 Å².